The van der Waals surface area contributed by atoms with Gasteiger partial charge in [-0.15, -0.1) is 22.7 Å². The molecule has 0 saturated heterocycles. The molecule has 0 unspecified atom stereocenters. The van der Waals surface area contributed by atoms with Crippen LogP contribution in [0, 0.1) is 6.92 Å². The van der Waals surface area contributed by atoms with E-state index in [-0.39, 0.29) is 5.91 Å². The first-order chi connectivity index (χ1) is 14.7. The van der Waals surface area contributed by atoms with Gasteiger partial charge in [-0.05, 0) is 30.0 Å². The van der Waals surface area contributed by atoms with E-state index in [0.717, 1.165) is 27.0 Å². The number of amides is 1. The van der Waals surface area contributed by atoms with Gasteiger partial charge in [-0.25, -0.2) is 4.98 Å². The average molecular weight is 430 g/mol. The number of nitrogens with zero attached hydrogens (tertiary/aromatic N) is 2. The van der Waals surface area contributed by atoms with E-state index in [0.29, 0.717) is 17.4 Å². The second kappa shape index (κ2) is 7.89. The van der Waals surface area contributed by atoms with E-state index >= 15 is 0 Å². The Balaban J connectivity index is 1.42. The smallest absolute Gasteiger partial charge is 0.274 e. The molecule has 1 N–H and O–H groups in total. The lowest BCUT2D eigenvalue weighted by atomic mass is 10.1. The fourth-order valence-electron chi connectivity index (χ4n) is 3.45. The molecule has 4 nitrogen and oxygen atoms in total. The number of thiazole rings is 1. The Morgan fingerprint density at radius 3 is 2.63 bits per heavy atom. The van der Waals surface area contributed by atoms with Crippen molar-refractivity contribution in [1.82, 2.24) is 9.55 Å². The number of thiophene rings is 1. The van der Waals surface area contributed by atoms with Crippen LogP contribution < -0.4 is 5.32 Å². The van der Waals surface area contributed by atoms with E-state index < -0.39 is 0 Å². The topological polar surface area (TPSA) is 46.9 Å². The molecule has 5 aromatic rings. The third-order valence-corrected chi connectivity index (χ3v) is 6.62. The third-order valence-electron chi connectivity index (χ3n) is 5.01. The highest BCUT2D eigenvalue weighted by Crippen LogP contribution is 2.29. The normalized spacial score (nSPS) is 11.1. The number of carbonyl (C=O) groups is 1. The Bertz CT molecular complexity index is 1310. The highest BCUT2D eigenvalue weighted by atomic mass is 32.1. The molecule has 3 heterocycles. The molecule has 1 amide bonds. The summed E-state index contributed by atoms with van der Waals surface area (Å²) in [6.45, 7) is 2.71. The number of anilines is 1. The molecule has 0 bridgehead atoms. The van der Waals surface area contributed by atoms with E-state index in [2.05, 4.69) is 69.6 Å². The fraction of sp³-hybridized carbons (Fsp3) is 0.0833. The van der Waals surface area contributed by atoms with Crippen molar-refractivity contribution in [1.29, 1.82) is 0 Å². The summed E-state index contributed by atoms with van der Waals surface area (Å²) in [4.78, 5) is 17.7. The lowest BCUT2D eigenvalue weighted by Crippen LogP contribution is -2.17. The summed E-state index contributed by atoms with van der Waals surface area (Å²) in [6, 6.07) is 22.5. The summed E-state index contributed by atoms with van der Waals surface area (Å²) in [5.74, 6) is -0.140. The van der Waals surface area contributed by atoms with E-state index in [9.17, 15) is 4.79 Å². The molecule has 0 aliphatic heterocycles. The van der Waals surface area contributed by atoms with Crippen molar-refractivity contribution in [2.45, 2.75) is 13.5 Å². The van der Waals surface area contributed by atoms with Gasteiger partial charge < -0.3 is 4.57 Å². The summed E-state index contributed by atoms with van der Waals surface area (Å²) >= 11 is 3.09. The minimum absolute atomic E-state index is 0.140. The predicted molar refractivity (Wildman–Crippen MR) is 126 cm³/mol. The maximum Gasteiger partial charge on any atom is 0.274 e. The Kier molecular flexibility index (Phi) is 4.94. The lowest BCUT2D eigenvalue weighted by molar-refractivity contribution is 0.101. The minimum Gasteiger partial charge on any atom is -0.331 e. The zero-order valence-electron chi connectivity index (χ0n) is 16.3. The van der Waals surface area contributed by atoms with Crippen LogP contribution in [0.3, 0.4) is 0 Å². The Hall–Kier alpha value is -3.22. The molecule has 0 atom stereocenters. The van der Waals surface area contributed by atoms with Gasteiger partial charge in [0.15, 0.2) is 5.13 Å². The molecule has 3 aromatic heterocycles. The first-order valence-corrected chi connectivity index (χ1v) is 11.4. The van der Waals surface area contributed by atoms with Crippen LogP contribution in [-0.2, 0) is 6.54 Å². The number of fused-ring (bicyclic) bond motifs is 1. The molecule has 2 aromatic carbocycles. The average Bonchev–Trinajstić information content (AvgIpc) is 3.47. The van der Waals surface area contributed by atoms with Gasteiger partial charge in [0.1, 0.15) is 5.69 Å². The molecule has 0 spiro atoms. The minimum atomic E-state index is -0.140. The number of nitrogens with one attached hydrogen (secondary N) is 1. The van der Waals surface area contributed by atoms with Gasteiger partial charge in [0.2, 0.25) is 0 Å². The van der Waals surface area contributed by atoms with Gasteiger partial charge in [-0.3, -0.25) is 10.1 Å². The van der Waals surface area contributed by atoms with Crippen LogP contribution in [0.5, 0.6) is 0 Å². The first kappa shape index (κ1) is 18.8. The van der Waals surface area contributed by atoms with Crippen LogP contribution in [-0.4, -0.2) is 15.5 Å². The van der Waals surface area contributed by atoms with Gasteiger partial charge >= 0.3 is 0 Å². The molecule has 0 fully saturated rings. The quantitative estimate of drug-likeness (QED) is 0.350. The number of hydrogen-bond donors (Lipinski definition) is 1. The number of rotatable bonds is 5. The van der Waals surface area contributed by atoms with Crippen LogP contribution in [0.2, 0.25) is 0 Å². The Labute approximate surface area is 182 Å². The molecule has 0 aliphatic rings. The first-order valence-electron chi connectivity index (χ1n) is 9.62. The molecule has 30 heavy (non-hydrogen) atoms. The lowest BCUT2D eigenvalue weighted by Gasteiger charge is -2.10. The number of carbonyl (C=O) groups excluding carboxylic acids is 1. The summed E-state index contributed by atoms with van der Waals surface area (Å²) in [7, 11) is 0. The number of benzene rings is 2. The van der Waals surface area contributed by atoms with Crippen LogP contribution >= 0.6 is 22.7 Å². The molecular weight excluding hydrogens is 410 g/mol. The predicted octanol–water partition coefficient (Wildman–Crippen LogP) is 6.44. The molecule has 6 heteroatoms. The second-order valence-corrected chi connectivity index (χ2v) is 8.94. The molecule has 0 saturated carbocycles. The largest absolute Gasteiger partial charge is 0.331 e. The highest BCUT2D eigenvalue weighted by Gasteiger charge is 2.18. The summed E-state index contributed by atoms with van der Waals surface area (Å²) in [5.41, 5.74) is 6.01. The van der Waals surface area contributed by atoms with Gasteiger partial charge in [0, 0.05) is 17.5 Å². The van der Waals surface area contributed by atoms with E-state index in [4.69, 9.17) is 0 Å². The number of aromatic nitrogens is 2. The molecule has 148 valence electrons. The summed E-state index contributed by atoms with van der Waals surface area (Å²) < 4.78 is 3.18. The van der Waals surface area contributed by atoms with Crippen molar-refractivity contribution in [3.05, 3.63) is 94.3 Å². The standard InChI is InChI=1S/C24H19N3OS2/c1-16-7-9-18(10-8-16)19-15-30-24(25-19)26-23(28)21-13-22-20(11-12-29-22)27(21)14-17-5-3-2-4-6-17/h2-13,15H,14H2,1H3,(H,25,26,28). The Morgan fingerprint density at radius 2 is 1.83 bits per heavy atom. The maximum atomic E-state index is 13.1. The fourth-order valence-corrected chi connectivity index (χ4v) is 4.99. The summed E-state index contributed by atoms with van der Waals surface area (Å²) in [6.07, 6.45) is 0. The van der Waals surface area contributed by atoms with Crippen LogP contribution in [0.4, 0.5) is 5.13 Å². The van der Waals surface area contributed by atoms with Crippen molar-refractivity contribution in [2.24, 2.45) is 0 Å². The van der Waals surface area contributed by atoms with Gasteiger partial charge in [-0.2, -0.15) is 0 Å². The monoisotopic (exact) mass is 429 g/mol. The van der Waals surface area contributed by atoms with Gasteiger partial charge in [0.25, 0.3) is 5.91 Å². The maximum absolute atomic E-state index is 13.1. The van der Waals surface area contributed by atoms with E-state index in [1.165, 1.54) is 16.9 Å². The van der Waals surface area contributed by atoms with E-state index in [1.54, 1.807) is 11.3 Å². The Morgan fingerprint density at radius 1 is 1.03 bits per heavy atom. The van der Waals surface area contributed by atoms with Crippen molar-refractivity contribution in [2.75, 3.05) is 5.32 Å². The van der Waals surface area contributed by atoms with Crippen LogP contribution in [0.15, 0.2) is 77.5 Å². The summed E-state index contributed by atoms with van der Waals surface area (Å²) in [5, 5.41) is 7.62. The molecule has 5 rings (SSSR count). The van der Waals surface area contributed by atoms with Crippen molar-refractivity contribution in [3.8, 4) is 11.3 Å². The number of aryl methyl sites for hydroxylation is 1. The molecule has 0 radical (unpaired) electrons. The van der Waals surface area contributed by atoms with Crippen molar-refractivity contribution < 1.29 is 4.79 Å². The van der Waals surface area contributed by atoms with Crippen molar-refractivity contribution in [3.63, 3.8) is 0 Å². The van der Waals surface area contributed by atoms with Crippen molar-refractivity contribution >= 4 is 43.9 Å². The van der Waals surface area contributed by atoms with E-state index in [1.807, 2.05) is 29.6 Å². The number of hydrogen-bond acceptors (Lipinski definition) is 4. The highest BCUT2D eigenvalue weighted by molar-refractivity contribution is 7.17. The van der Waals surface area contributed by atoms with Crippen LogP contribution in [0.1, 0.15) is 21.6 Å². The molecule has 0 aliphatic carbocycles. The zero-order chi connectivity index (χ0) is 20.5. The SMILES string of the molecule is Cc1ccc(-c2csc(NC(=O)c3cc4sccc4n3Cc3ccccc3)n2)cc1. The second-order valence-electron chi connectivity index (χ2n) is 7.13. The molecular formula is C24H19N3OS2. The third kappa shape index (κ3) is 3.67. The van der Waals surface area contributed by atoms with Crippen LogP contribution in [0.25, 0.3) is 21.5 Å². The zero-order valence-corrected chi connectivity index (χ0v) is 18.0. The van der Waals surface area contributed by atoms with Gasteiger partial charge in [0.05, 0.1) is 15.9 Å². The van der Waals surface area contributed by atoms with Gasteiger partial charge in [-0.1, -0.05) is 60.2 Å².